The van der Waals surface area contributed by atoms with Crippen LogP contribution in [0.2, 0.25) is 5.02 Å². The van der Waals surface area contributed by atoms with Crippen molar-refractivity contribution in [2.24, 2.45) is 0 Å². The fraction of sp³-hybridized carbons (Fsp3) is 0.0833. The molecule has 5 rings (SSSR count). The van der Waals surface area contributed by atoms with Gasteiger partial charge in [-0.1, -0.05) is 17.7 Å². The number of aromatic nitrogens is 1. The maximum Gasteiger partial charge on any atom is 0.174 e. The van der Waals surface area contributed by atoms with Crippen molar-refractivity contribution in [2.75, 3.05) is 4.90 Å². The first-order chi connectivity index (χ1) is 15.1. The summed E-state index contributed by atoms with van der Waals surface area (Å²) in [6.45, 7) is 0. The van der Waals surface area contributed by atoms with Crippen LogP contribution in [0.5, 0.6) is 0 Å². The molecule has 2 atom stereocenters. The first-order valence-electron chi connectivity index (χ1n) is 9.72. The van der Waals surface area contributed by atoms with Crippen LogP contribution in [0.15, 0.2) is 89.5 Å². The molecule has 2 aromatic heterocycles. The summed E-state index contributed by atoms with van der Waals surface area (Å²) in [4.78, 5) is 6.47. The number of benzene rings is 2. The van der Waals surface area contributed by atoms with Crippen molar-refractivity contribution < 1.29 is 8.81 Å². The molecule has 0 radical (unpaired) electrons. The molecule has 2 aromatic carbocycles. The van der Waals surface area contributed by atoms with Crippen LogP contribution < -0.4 is 10.2 Å². The zero-order chi connectivity index (χ0) is 21.4. The van der Waals surface area contributed by atoms with E-state index in [4.69, 9.17) is 28.2 Å². The molecule has 1 aliphatic rings. The molecule has 2 unspecified atom stereocenters. The molecule has 0 aliphatic carbocycles. The topological polar surface area (TPSA) is 41.3 Å². The van der Waals surface area contributed by atoms with Crippen LogP contribution in [-0.4, -0.2) is 10.1 Å². The summed E-state index contributed by atoms with van der Waals surface area (Å²) in [6, 6.07) is 22.8. The number of nitrogens with one attached hydrogen (secondary N) is 1. The third-order valence-corrected chi connectivity index (χ3v) is 5.82. The number of thiocarbonyl (C=S) groups is 1. The minimum atomic E-state index is -0.303. The zero-order valence-corrected chi connectivity index (χ0v) is 17.8. The van der Waals surface area contributed by atoms with Crippen molar-refractivity contribution in [3.8, 4) is 11.3 Å². The summed E-state index contributed by atoms with van der Waals surface area (Å²) >= 11 is 11.7. The Morgan fingerprint density at radius 3 is 2.45 bits per heavy atom. The summed E-state index contributed by atoms with van der Waals surface area (Å²) in [5.41, 5.74) is 2.53. The van der Waals surface area contributed by atoms with E-state index >= 15 is 0 Å². The van der Waals surface area contributed by atoms with E-state index in [9.17, 15) is 4.39 Å². The Balaban J connectivity index is 1.59. The number of hydrogen-bond acceptors (Lipinski definition) is 3. The van der Waals surface area contributed by atoms with E-state index < -0.39 is 0 Å². The van der Waals surface area contributed by atoms with Crippen LogP contribution in [-0.2, 0) is 0 Å². The molecule has 1 aliphatic heterocycles. The van der Waals surface area contributed by atoms with Gasteiger partial charge in [0, 0.05) is 22.5 Å². The van der Waals surface area contributed by atoms with Crippen LogP contribution in [0.4, 0.5) is 10.1 Å². The molecular formula is C24H17ClFN3OS. The van der Waals surface area contributed by atoms with E-state index in [1.807, 2.05) is 59.5 Å². The predicted molar refractivity (Wildman–Crippen MR) is 123 cm³/mol. The number of nitrogens with zero attached hydrogens (tertiary/aromatic N) is 2. The van der Waals surface area contributed by atoms with Gasteiger partial charge in [-0.3, -0.25) is 4.98 Å². The first-order valence-corrected chi connectivity index (χ1v) is 10.5. The standard InChI is InChI=1S/C24H17ClFN3OS/c25-16-6-4-15(5-7-16)20-12-13-21(30-20)23-22(19-3-1-2-14-27-19)28-24(31)29(23)18-10-8-17(26)9-11-18/h1-14,22-23H,(H,28,31). The van der Waals surface area contributed by atoms with Gasteiger partial charge >= 0.3 is 0 Å². The Bertz CT molecular complexity index is 1210. The minimum Gasteiger partial charge on any atom is -0.459 e. The maximum atomic E-state index is 13.5. The van der Waals surface area contributed by atoms with Gasteiger partial charge in [-0.15, -0.1) is 0 Å². The van der Waals surface area contributed by atoms with Gasteiger partial charge < -0.3 is 14.6 Å². The quantitative estimate of drug-likeness (QED) is 0.370. The third-order valence-electron chi connectivity index (χ3n) is 5.25. The molecule has 1 N–H and O–H groups in total. The first kappa shape index (κ1) is 19.7. The molecule has 1 fully saturated rings. The van der Waals surface area contributed by atoms with E-state index in [0.29, 0.717) is 10.1 Å². The van der Waals surface area contributed by atoms with Crippen LogP contribution >= 0.6 is 23.8 Å². The average molecular weight is 450 g/mol. The number of halogens is 2. The monoisotopic (exact) mass is 449 g/mol. The number of anilines is 1. The molecule has 31 heavy (non-hydrogen) atoms. The third kappa shape index (κ3) is 3.80. The smallest absolute Gasteiger partial charge is 0.174 e. The summed E-state index contributed by atoms with van der Waals surface area (Å²) in [5, 5.41) is 4.55. The van der Waals surface area contributed by atoms with Crippen LogP contribution in [0.25, 0.3) is 11.3 Å². The average Bonchev–Trinajstić information content (AvgIpc) is 3.40. The molecule has 4 nitrogen and oxygen atoms in total. The normalized spacial score (nSPS) is 18.3. The second-order valence-electron chi connectivity index (χ2n) is 7.18. The van der Waals surface area contributed by atoms with Crippen molar-refractivity contribution in [3.05, 3.63) is 107 Å². The van der Waals surface area contributed by atoms with E-state index in [2.05, 4.69) is 10.3 Å². The van der Waals surface area contributed by atoms with E-state index in [1.54, 1.807) is 18.3 Å². The fourth-order valence-electron chi connectivity index (χ4n) is 3.80. The lowest BCUT2D eigenvalue weighted by molar-refractivity contribution is 0.439. The number of rotatable bonds is 4. The molecule has 0 saturated carbocycles. The van der Waals surface area contributed by atoms with Crippen LogP contribution in [0.1, 0.15) is 23.5 Å². The van der Waals surface area contributed by atoms with Gasteiger partial charge in [-0.25, -0.2) is 4.39 Å². The SMILES string of the molecule is Fc1ccc(N2C(=S)NC(c3ccccn3)C2c2ccc(-c3ccc(Cl)cc3)o2)cc1. The van der Waals surface area contributed by atoms with Crippen LogP contribution in [0.3, 0.4) is 0 Å². The molecule has 0 spiro atoms. The van der Waals surface area contributed by atoms with E-state index in [1.165, 1.54) is 12.1 Å². The van der Waals surface area contributed by atoms with Gasteiger partial charge in [0.25, 0.3) is 0 Å². The maximum absolute atomic E-state index is 13.5. The van der Waals surface area contributed by atoms with Gasteiger partial charge in [0.1, 0.15) is 23.4 Å². The molecule has 0 amide bonds. The Hall–Kier alpha value is -3.22. The lowest BCUT2D eigenvalue weighted by atomic mass is 10.0. The van der Waals surface area contributed by atoms with Crippen molar-refractivity contribution in [2.45, 2.75) is 12.1 Å². The lowest BCUT2D eigenvalue weighted by Gasteiger charge is -2.26. The van der Waals surface area contributed by atoms with Crippen molar-refractivity contribution in [1.29, 1.82) is 0 Å². The number of hydrogen-bond donors (Lipinski definition) is 1. The molecule has 4 aromatic rings. The zero-order valence-electron chi connectivity index (χ0n) is 16.2. The van der Waals surface area contributed by atoms with Crippen molar-refractivity contribution in [1.82, 2.24) is 10.3 Å². The predicted octanol–water partition coefficient (Wildman–Crippen LogP) is 6.31. The second-order valence-corrected chi connectivity index (χ2v) is 8.01. The Labute approximate surface area is 189 Å². The summed E-state index contributed by atoms with van der Waals surface area (Å²) in [6.07, 6.45) is 1.75. The van der Waals surface area contributed by atoms with Gasteiger partial charge in [0.15, 0.2) is 5.11 Å². The fourth-order valence-corrected chi connectivity index (χ4v) is 4.28. The lowest BCUT2D eigenvalue weighted by Crippen LogP contribution is -2.29. The van der Waals surface area contributed by atoms with Crippen molar-refractivity contribution in [3.63, 3.8) is 0 Å². The molecular weight excluding hydrogens is 433 g/mol. The highest BCUT2D eigenvalue weighted by Crippen LogP contribution is 2.42. The highest BCUT2D eigenvalue weighted by molar-refractivity contribution is 7.80. The Morgan fingerprint density at radius 1 is 0.968 bits per heavy atom. The van der Waals surface area contributed by atoms with E-state index in [0.717, 1.165) is 28.5 Å². The largest absolute Gasteiger partial charge is 0.459 e. The Morgan fingerprint density at radius 2 is 1.74 bits per heavy atom. The number of pyridine rings is 1. The van der Waals surface area contributed by atoms with Crippen LogP contribution in [0, 0.1) is 5.82 Å². The molecule has 1 saturated heterocycles. The van der Waals surface area contributed by atoms with E-state index in [-0.39, 0.29) is 17.9 Å². The molecule has 0 bridgehead atoms. The molecule has 3 heterocycles. The van der Waals surface area contributed by atoms with Gasteiger partial charge in [-0.2, -0.15) is 0 Å². The highest BCUT2D eigenvalue weighted by atomic mass is 35.5. The van der Waals surface area contributed by atoms with Crippen molar-refractivity contribution >= 4 is 34.6 Å². The van der Waals surface area contributed by atoms with Gasteiger partial charge in [0.2, 0.25) is 0 Å². The highest BCUT2D eigenvalue weighted by Gasteiger charge is 2.42. The minimum absolute atomic E-state index is 0.233. The molecule has 7 heteroatoms. The van der Waals surface area contributed by atoms with Gasteiger partial charge in [-0.05, 0) is 85.0 Å². The number of furan rings is 1. The second kappa shape index (κ2) is 8.13. The summed E-state index contributed by atoms with van der Waals surface area (Å²) < 4.78 is 19.8. The summed E-state index contributed by atoms with van der Waals surface area (Å²) in [7, 11) is 0. The summed E-state index contributed by atoms with van der Waals surface area (Å²) in [5.74, 6) is 1.14. The Kier molecular flexibility index (Phi) is 5.18. The molecule has 154 valence electrons. The van der Waals surface area contributed by atoms with Gasteiger partial charge in [0.05, 0.1) is 11.7 Å².